The lowest BCUT2D eigenvalue weighted by molar-refractivity contribution is -0.134. The number of carbonyl (C=O) groups excluding carboxylic acids is 2. The topological polar surface area (TPSA) is 72.0 Å². The van der Waals surface area contributed by atoms with Crippen LogP contribution in [0.2, 0.25) is 0 Å². The zero-order valence-electron chi connectivity index (χ0n) is 9.43. The second-order valence-corrected chi connectivity index (χ2v) is 3.13. The molecule has 1 saturated heterocycles. The van der Waals surface area contributed by atoms with Crippen LogP contribution in [0.5, 0.6) is 0 Å². The van der Waals surface area contributed by atoms with Crippen LogP contribution in [0, 0.1) is 0 Å². The zero-order valence-corrected chi connectivity index (χ0v) is 9.43. The van der Waals surface area contributed by atoms with Crippen LogP contribution in [0.15, 0.2) is 18.6 Å². The molecule has 2 amide bonds. The van der Waals surface area contributed by atoms with Crippen molar-refractivity contribution in [3.05, 3.63) is 24.3 Å². The van der Waals surface area contributed by atoms with Crippen molar-refractivity contribution in [3.8, 4) is 0 Å². The molecule has 1 aliphatic rings. The van der Waals surface area contributed by atoms with Gasteiger partial charge in [-0.1, -0.05) is 13.8 Å². The van der Waals surface area contributed by atoms with E-state index >= 15 is 0 Å². The molecule has 0 spiro atoms. The highest BCUT2D eigenvalue weighted by atomic mass is 16.2. The highest BCUT2D eigenvalue weighted by molar-refractivity contribution is 6.00. The van der Waals surface area contributed by atoms with E-state index in [0.29, 0.717) is 18.5 Å². The summed E-state index contributed by atoms with van der Waals surface area (Å²) in [5, 5.41) is 2.28. The number of nitrogens with one attached hydrogen (secondary N) is 1. The highest BCUT2D eigenvalue weighted by Crippen LogP contribution is 2.21. The fraction of sp³-hybridized carbons (Fsp3) is 0.455. The van der Waals surface area contributed by atoms with Gasteiger partial charge in [-0.3, -0.25) is 24.9 Å². The predicted octanol–water partition coefficient (Wildman–Crippen LogP) is 1.02. The van der Waals surface area contributed by atoms with Crippen molar-refractivity contribution in [1.82, 2.24) is 15.3 Å². The number of hydrogen-bond acceptors (Lipinski definition) is 4. The van der Waals surface area contributed by atoms with Gasteiger partial charge >= 0.3 is 0 Å². The van der Waals surface area contributed by atoms with Crippen molar-refractivity contribution in [1.29, 1.82) is 0 Å². The number of piperidine rings is 1. The fourth-order valence-corrected chi connectivity index (χ4v) is 1.47. The molecule has 1 N–H and O–H groups in total. The van der Waals surface area contributed by atoms with Gasteiger partial charge in [-0.05, 0) is 6.42 Å². The molecule has 0 radical (unpaired) electrons. The summed E-state index contributed by atoms with van der Waals surface area (Å²) in [5.41, 5.74) is 0.623. The van der Waals surface area contributed by atoms with Gasteiger partial charge in [-0.25, -0.2) is 0 Å². The number of nitrogens with zero attached hydrogens (tertiary/aromatic N) is 2. The van der Waals surface area contributed by atoms with Crippen molar-refractivity contribution in [2.45, 2.75) is 32.6 Å². The molecule has 1 aromatic heterocycles. The van der Waals surface area contributed by atoms with Gasteiger partial charge in [0.2, 0.25) is 11.8 Å². The van der Waals surface area contributed by atoms with E-state index in [1.165, 1.54) is 0 Å². The molecule has 0 saturated carbocycles. The standard InChI is InChI=1S/C9H9N3O2.C2H6/c13-8-2-1-6(9(14)12-8)7-5-10-3-4-11-7;1-2/h3-6H,1-2H2,(H,12,13,14);1-2H3. The molecule has 86 valence electrons. The Morgan fingerprint density at radius 2 is 2.06 bits per heavy atom. The molecule has 0 aliphatic carbocycles. The van der Waals surface area contributed by atoms with Crippen molar-refractivity contribution in [2.24, 2.45) is 0 Å². The molecule has 2 heterocycles. The largest absolute Gasteiger partial charge is 0.296 e. The fourth-order valence-electron chi connectivity index (χ4n) is 1.47. The monoisotopic (exact) mass is 221 g/mol. The zero-order chi connectivity index (χ0) is 12.0. The summed E-state index contributed by atoms with van der Waals surface area (Å²) in [6.45, 7) is 4.00. The summed E-state index contributed by atoms with van der Waals surface area (Å²) in [6.07, 6.45) is 5.53. The molecule has 0 aromatic carbocycles. The quantitative estimate of drug-likeness (QED) is 0.719. The van der Waals surface area contributed by atoms with Crippen LogP contribution in [0.25, 0.3) is 0 Å². The van der Waals surface area contributed by atoms with E-state index in [1.807, 2.05) is 13.8 Å². The van der Waals surface area contributed by atoms with Gasteiger partial charge in [-0.15, -0.1) is 0 Å². The molecule has 1 fully saturated rings. The molecule has 1 unspecified atom stereocenters. The Labute approximate surface area is 94.3 Å². The normalized spacial score (nSPS) is 19.5. The molecular formula is C11H15N3O2. The molecule has 2 rings (SSSR count). The SMILES string of the molecule is CC.O=C1CCC(c2cnccn2)C(=O)N1. The Hall–Kier alpha value is -1.78. The first kappa shape index (κ1) is 12.3. The number of hydrogen-bond donors (Lipinski definition) is 1. The molecule has 1 aromatic rings. The van der Waals surface area contributed by atoms with Crippen LogP contribution in [0.3, 0.4) is 0 Å². The molecule has 1 aliphatic heterocycles. The lowest BCUT2D eigenvalue weighted by Crippen LogP contribution is -2.39. The van der Waals surface area contributed by atoms with E-state index in [-0.39, 0.29) is 17.7 Å². The Bertz CT molecular complexity index is 365. The predicted molar refractivity (Wildman–Crippen MR) is 58.5 cm³/mol. The van der Waals surface area contributed by atoms with E-state index in [1.54, 1.807) is 18.6 Å². The highest BCUT2D eigenvalue weighted by Gasteiger charge is 2.28. The smallest absolute Gasteiger partial charge is 0.235 e. The maximum absolute atomic E-state index is 11.4. The maximum Gasteiger partial charge on any atom is 0.235 e. The van der Waals surface area contributed by atoms with Gasteiger partial charge in [0.1, 0.15) is 0 Å². The van der Waals surface area contributed by atoms with Gasteiger partial charge in [0.25, 0.3) is 0 Å². The van der Waals surface area contributed by atoms with Crippen LogP contribution in [-0.4, -0.2) is 21.8 Å². The molecule has 1 atom stereocenters. The number of aromatic nitrogens is 2. The lowest BCUT2D eigenvalue weighted by atomic mass is 9.95. The van der Waals surface area contributed by atoms with Gasteiger partial charge in [0.15, 0.2) is 0 Å². The van der Waals surface area contributed by atoms with E-state index < -0.39 is 0 Å². The van der Waals surface area contributed by atoms with Crippen LogP contribution >= 0.6 is 0 Å². The Morgan fingerprint density at radius 1 is 1.31 bits per heavy atom. The van der Waals surface area contributed by atoms with E-state index in [4.69, 9.17) is 0 Å². The van der Waals surface area contributed by atoms with Gasteiger partial charge < -0.3 is 0 Å². The number of amides is 2. The Morgan fingerprint density at radius 3 is 2.62 bits per heavy atom. The van der Waals surface area contributed by atoms with Gasteiger partial charge in [0.05, 0.1) is 11.6 Å². The third-order valence-electron chi connectivity index (χ3n) is 2.18. The number of imide groups is 1. The van der Waals surface area contributed by atoms with E-state index in [9.17, 15) is 9.59 Å². The van der Waals surface area contributed by atoms with E-state index in [2.05, 4.69) is 15.3 Å². The van der Waals surface area contributed by atoms with Crippen molar-refractivity contribution in [3.63, 3.8) is 0 Å². The third kappa shape index (κ3) is 2.85. The van der Waals surface area contributed by atoms with Crippen LogP contribution < -0.4 is 5.32 Å². The van der Waals surface area contributed by atoms with Crippen LogP contribution in [0.4, 0.5) is 0 Å². The average molecular weight is 221 g/mol. The average Bonchev–Trinajstić information content (AvgIpc) is 2.33. The molecular weight excluding hydrogens is 206 g/mol. The van der Waals surface area contributed by atoms with Crippen LogP contribution in [0.1, 0.15) is 38.3 Å². The maximum atomic E-state index is 11.4. The van der Waals surface area contributed by atoms with Gasteiger partial charge in [0, 0.05) is 25.0 Å². The first-order valence-electron chi connectivity index (χ1n) is 5.37. The second-order valence-electron chi connectivity index (χ2n) is 3.13. The molecule has 5 nitrogen and oxygen atoms in total. The van der Waals surface area contributed by atoms with Crippen molar-refractivity contribution in [2.75, 3.05) is 0 Å². The van der Waals surface area contributed by atoms with Gasteiger partial charge in [-0.2, -0.15) is 0 Å². The number of carbonyl (C=O) groups is 2. The first-order chi connectivity index (χ1) is 7.77. The Balaban J connectivity index is 0.000000606. The molecule has 5 heteroatoms. The summed E-state index contributed by atoms with van der Waals surface area (Å²) in [6, 6.07) is 0. The third-order valence-corrected chi connectivity index (χ3v) is 2.18. The minimum absolute atomic E-state index is 0.213. The summed E-state index contributed by atoms with van der Waals surface area (Å²) < 4.78 is 0. The number of rotatable bonds is 1. The first-order valence-corrected chi connectivity index (χ1v) is 5.37. The van der Waals surface area contributed by atoms with Crippen molar-refractivity contribution < 1.29 is 9.59 Å². The summed E-state index contributed by atoms with van der Waals surface area (Å²) >= 11 is 0. The minimum atomic E-state index is -0.332. The van der Waals surface area contributed by atoms with Crippen molar-refractivity contribution >= 4 is 11.8 Å². The van der Waals surface area contributed by atoms with Crippen LogP contribution in [-0.2, 0) is 9.59 Å². The summed E-state index contributed by atoms with van der Waals surface area (Å²) in [7, 11) is 0. The lowest BCUT2D eigenvalue weighted by Gasteiger charge is -2.19. The second kappa shape index (κ2) is 5.95. The Kier molecular flexibility index (Phi) is 4.57. The minimum Gasteiger partial charge on any atom is -0.296 e. The van der Waals surface area contributed by atoms with E-state index in [0.717, 1.165) is 0 Å². The summed E-state index contributed by atoms with van der Waals surface area (Å²) in [5.74, 6) is -0.821. The molecule has 16 heavy (non-hydrogen) atoms. The summed E-state index contributed by atoms with van der Waals surface area (Å²) in [4.78, 5) is 30.2. The molecule has 0 bridgehead atoms.